The van der Waals surface area contributed by atoms with Crippen LogP contribution in [-0.2, 0) is 9.59 Å². The maximum Gasteiger partial charge on any atom is 0.239 e. The molecule has 2 aliphatic carbocycles. The van der Waals surface area contributed by atoms with Gasteiger partial charge in [-0.05, 0) is 28.3 Å². The first-order chi connectivity index (χ1) is 18.1. The van der Waals surface area contributed by atoms with E-state index in [9.17, 15) is 14.4 Å². The zero-order valence-corrected chi connectivity index (χ0v) is 20.7. The molecule has 0 aromatic heterocycles. The summed E-state index contributed by atoms with van der Waals surface area (Å²) in [6.45, 7) is 0. The standard InChI is InChI=1S/C31H22N2O3S/c34-25-15-22-20-13-7-8-14-21(20)30(36)28(22)27(19-11-5-2-6-12-19)29(25)23-16-24(18-9-3-1-4-10-18)33-26(35)17-37-31(33)32-23/h1-14,16,24,27,29H,15,17H2. The van der Waals surface area contributed by atoms with Crippen molar-refractivity contribution >= 4 is 40.0 Å². The zero-order chi connectivity index (χ0) is 25.1. The van der Waals surface area contributed by atoms with Crippen LogP contribution in [0.5, 0.6) is 0 Å². The number of ketones is 2. The van der Waals surface area contributed by atoms with E-state index in [1.54, 1.807) is 4.90 Å². The van der Waals surface area contributed by atoms with E-state index in [1.807, 2.05) is 91.0 Å². The second-order valence-electron chi connectivity index (χ2n) is 9.67. The monoisotopic (exact) mass is 502 g/mol. The minimum Gasteiger partial charge on any atom is -0.299 e. The van der Waals surface area contributed by atoms with Crippen LogP contribution in [0.25, 0.3) is 5.57 Å². The molecule has 2 aliphatic heterocycles. The van der Waals surface area contributed by atoms with Crippen LogP contribution >= 0.6 is 11.8 Å². The minimum atomic E-state index is -0.614. The quantitative estimate of drug-likeness (QED) is 0.469. The number of Topliss-reactive ketones (excluding diaryl/α,β-unsaturated/α-hetero) is 2. The van der Waals surface area contributed by atoms with Crippen LogP contribution in [0, 0.1) is 5.92 Å². The van der Waals surface area contributed by atoms with Crippen LogP contribution in [0.15, 0.2) is 107 Å². The van der Waals surface area contributed by atoms with E-state index in [-0.39, 0.29) is 29.9 Å². The molecule has 6 heteroatoms. The number of hydrogen-bond donors (Lipinski definition) is 0. The lowest BCUT2D eigenvalue weighted by atomic mass is 9.69. The summed E-state index contributed by atoms with van der Waals surface area (Å²) in [6, 6.07) is 26.9. The van der Waals surface area contributed by atoms with E-state index in [2.05, 4.69) is 0 Å². The second kappa shape index (κ2) is 8.53. The Bertz CT molecular complexity index is 1570. The molecule has 3 aromatic rings. The third kappa shape index (κ3) is 3.39. The summed E-state index contributed by atoms with van der Waals surface area (Å²) in [6.07, 6.45) is 2.15. The molecule has 0 N–H and O–H groups in total. The Morgan fingerprint density at radius 1 is 0.757 bits per heavy atom. The predicted molar refractivity (Wildman–Crippen MR) is 144 cm³/mol. The van der Waals surface area contributed by atoms with Crippen molar-refractivity contribution < 1.29 is 14.4 Å². The first-order valence-corrected chi connectivity index (χ1v) is 13.4. The largest absolute Gasteiger partial charge is 0.299 e. The highest BCUT2D eigenvalue weighted by Crippen LogP contribution is 2.52. The first-order valence-electron chi connectivity index (χ1n) is 12.4. The van der Waals surface area contributed by atoms with E-state index in [0.29, 0.717) is 27.8 Å². The van der Waals surface area contributed by atoms with Crippen molar-refractivity contribution in [2.24, 2.45) is 10.9 Å². The summed E-state index contributed by atoms with van der Waals surface area (Å²) < 4.78 is 0. The Kier molecular flexibility index (Phi) is 5.11. The smallest absolute Gasteiger partial charge is 0.239 e. The molecule has 2 heterocycles. The molecule has 180 valence electrons. The third-order valence-electron chi connectivity index (χ3n) is 7.66. The summed E-state index contributed by atoms with van der Waals surface area (Å²) in [5, 5.41) is 0.622. The topological polar surface area (TPSA) is 66.8 Å². The maximum atomic E-state index is 14.0. The molecule has 1 fully saturated rings. The van der Waals surface area contributed by atoms with Gasteiger partial charge in [0, 0.05) is 23.5 Å². The number of thioether (sulfide) groups is 1. The van der Waals surface area contributed by atoms with Gasteiger partial charge >= 0.3 is 0 Å². The van der Waals surface area contributed by atoms with E-state index in [0.717, 1.165) is 22.3 Å². The Morgan fingerprint density at radius 2 is 1.41 bits per heavy atom. The van der Waals surface area contributed by atoms with Crippen LogP contribution < -0.4 is 0 Å². The maximum absolute atomic E-state index is 14.0. The van der Waals surface area contributed by atoms with Crippen LogP contribution in [0.2, 0.25) is 0 Å². The number of carbonyl (C=O) groups is 3. The summed E-state index contributed by atoms with van der Waals surface area (Å²) in [7, 11) is 0. The van der Waals surface area contributed by atoms with Crippen molar-refractivity contribution in [2.75, 3.05) is 5.75 Å². The van der Waals surface area contributed by atoms with Crippen LogP contribution in [0.3, 0.4) is 0 Å². The normalized spacial score (nSPS) is 24.5. The number of amides is 1. The predicted octanol–water partition coefficient (Wildman–Crippen LogP) is 5.58. The molecule has 4 aliphatic rings. The van der Waals surface area contributed by atoms with E-state index >= 15 is 0 Å². The molecule has 7 rings (SSSR count). The van der Waals surface area contributed by atoms with Gasteiger partial charge < -0.3 is 0 Å². The number of allylic oxidation sites excluding steroid dienone is 3. The molecule has 0 bridgehead atoms. The van der Waals surface area contributed by atoms with E-state index < -0.39 is 11.8 Å². The van der Waals surface area contributed by atoms with Crippen molar-refractivity contribution in [1.82, 2.24) is 4.90 Å². The summed E-state index contributed by atoms with van der Waals surface area (Å²) in [5.41, 5.74) is 5.59. The van der Waals surface area contributed by atoms with Crippen molar-refractivity contribution in [3.63, 3.8) is 0 Å². The molecule has 0 saturated carbocycles. The molecule has 3 aromatic carbocycles. The van der Waals surface area contributed by atoms with Gasteiger partial charge in [-0.15, -0.1) is 0 Å². The number of amidine groups is 1. The van der Waals surface area contributed by atoms with Crippen molar-refractivity contribution in [1.29, 1.82) is 0 Å². The van der Waals surface area contributed by atoms with E-state index in [1.165, 1.54) is 11.8 Å². The average molecular weight is 503 g/mol. The molecular formula is C31H22N2O3S. The molecule has 0 radical (unpaired) electrons. The molecule has 3 unspecified atom stereocenters. The van der Waals surface area contributed by atoms with Gasteiger partial charge in [-0.3, -0.25) is 19.3 Å². The number of aliphatic imine (C=N–C) groups is 1. The molecular weight excluding hydrogens is 480 g/mol. The summed E-state index contributed by atoms with van der Waals surface area (Å²) >= 11 is 1.40. The fraction of sp³-hybridized carbons (Fsp3) is 0.161. The number of carbonyl (C=O) groups excluding carboxylic acids is 3. The SMILES string of the molecule is O=C1C2=C(CC(=O)C(C3=CC(c4ccccc4)N4C(=O)CSC4=N3)C2c2ccccc2)c2ccccc21. The minimum absolute atomic E-state index is 0.00679. The highest BCUT2D eigenvalue weighted by atomic mass is 32.2. The number of fused-ring (bicyclic) bond motifs is 3. The third-order valence-corrected chi connectivity index (χ3v) is 8.60. The lowest BCUT2D eigenvalue weighted by Crippen LogP contribution is -2.38. The number of rotatable bonds is 3. The van der Waals surface area contributed by atoms with E-state index in [4.69, 9.17) is 4.99 Å². The molecule has 0 spiro atoms. The first kappa shape index (κ1) is 22.2. The number of hydrogen-bond acceptors (Lipinski definition) is 5. The Hall–Kier alpha value is -4.03. The fourth-order valence-electron chi connectivity index (χ4n) is 6.07. The van der Waals surface area contributed by atoms with Gasteiger partial charge in [0.15, 0.2) is 11.0 Å². The molecule has 37 heavy (non-hydrogen) atoms. The van der Waals surface area contributed by atoms with Gasteiger partial charge in [0.2, 0.25) is 5.91 Å². The van der Waals surface area contributed by atoms with Gasteiger partial charge in [0.05, 0.1) is 23.4 Å². The lowest BCUT2D eigenvalue weighted by molar-refractivity contribution is -0.125. The Balaban J connectivity index is 1.41. The van der Waals surface area contributed by atoms with Crippen LogP contribution in [0.4, 0.5) is 0 Å². The summed E-state index contributed by atoms with van der Waals surface area (Å²) in [4.78, 5) is 47.2. The van der Waals surface area contributed by atoms with Gasteiger partial charge in [0.1, 0.15) is 5.78 Å². The zero-order valence-electron chi connectivity index (χ0n) is 19.8. The Morgan fingerprint density at radius 3 is 2.14 bits per heavy atom. The average Bonchev–Trinajstić information content (AvgIpc) is 3.45. The van der Waals surface area contributed by atoms with Gasteiger partial charge in [-0.1, -0.05) is 96.7 Å². The fourth-order valence-corrected chi connectivity index (χ4v) is 6.98. The van der Waals surface area contributed by atoms with Crippen LogP contribution in [0.1, 0.15) is 45.4 Å². The summed E-state index contributed by atoms with van der Waals surface area (Å²) in [5.74, 6) is -0.689. The molecule has 1 saturated heterocycles. The van der Waals surface area contributed by atoms with Gasteiger partial charge in [0.25, 0.3) is 0 Å². The van der Waals surface area contributed by atoms with Gasteiger partial charge in [-0.25, -0.2) is 4.99 Å². The Labute approximate surface area is 218 Å². The molecule has 1 amide bonds. The lowest BCUT2D eigenvalue weighted by Gasteiger charge is -2.36. The van der Waals surface area contributed by atoms with Crippen LogP contribution in [-0.4, -0.2) is 33.3 Å². The molecule has 5 nitrogen and oxygen atoms in total. The highest BCUT2D eigenvalue weighted by molar-refractivity contribution is 8.15. The van der Waals surface area contributed by atoms with Crippen molar-refractivity contribution in [3.05, 3.63) is 125 Å². The number of nitrogens with zero attached hydrogens (tertiary/aromatic N) is 2. The molecule has 3 atom stereocenters. The van der Waals surface area contributed by atoms with Crippen molar-refractivity contribution in [2.45, 2.75) is 18.4 Å². The second-order valence-corrected chi connectivity index (χ2v) is 10.6. The van der Waals surface area contributed by atoms with Gasteiger partial charge in [-0.2, -0.15) is 0 Å². The van der Waals surface area contributed by atoms with Crippen molar-refractivity contribution in [3.8, 4) is 0 Å². The highest BCUT2D eigenvalue weighted by Gasteiger charge is 2.48. The number of benzene rings is 3.